The maximum Gasteiger partial charge on any atom is 0.325 e. The first-order chi connectivity index (χ1) is 11.4. The van der Waals surface area contributed by atoms with E-state index in [0.29, 0.717) is 0 Å². The van der Waals surface area contributed by atoms with Gasteiger partial charge in [-0.05, 0) is 26.9 Å². The molecule has 2 unspecified atom stereocenters. The van der Waals surface area contributed by atoms with E-state index in [-0.39, 0.29) is 11.9 Å². The molecule has 1 saturated heterocycles. The highest BCUT2D eigenvalue weighted by molar-refractivity contribution is 6.05. The Kier molecular flexibility index (Phi) is 4.25. The molecule has 3 heterocycles. The minimum absolute atomic E-state index is 0.278. The number of urea groups is 1. The Morgan fingerprint density at radius 1 is 1.17 bits per heavy atom. The van der Waals surface area contributed by atoms with Gasteiger partial charge in [0.15, 0.2) is 12.2 Å². The quantitative estimate of drug-likeness (QED) is 0.790. The van der Waals surface area contributed by atoms with Gasteiger partial charge >= 0.3 is 6.03 Å². The molecule has 0 aromatic rings. The van der Waals surface area contributed by atoms with Gasteiger partial charge in [-0.2, -0.15) is 0 Å². The molecule has 1 N–H and O–H groups in total. The van der Waals surface area contributed by atoms with Crippen molar-refractivity contribution >= 4 is 17.9 Å². The SMILES string of the molecule is CCN(CC)CCN1C2=NC3C(C(=O)NC(=O)N3C)N2C(C)=C1C. The van der Waals surface area contributed by atoms with E-state index in [1.54, 1.807) is 7.05 Å². The van der Waals surface area contributed by atoms with Crippen LogP contribution in [0.5, 0.6) is 0 Å². The van der Waals surface area contributed by atoms with Gasteiger partial charge in [-0.3, -0.25) is 15.0 Å². The molecule has 0 aromatic heterocycles. The highest BCUT2D eigenvalue weighted by Gasteiger charge is 2.52. The zero-order chi connectivity index (χ0) is 17.6. The summed E-state index contributed by atoms with van der Waals surface area (Å²) in [4.78, 5) is 36.9. The van der Waals surface area contributed by atoms with Gasteiger partial charge in [-0.15, -0.1) is 0 Å². The predicted octanol–water partition coefficient (Wildman–Crippen LogP) is 0.443. The molecule has 24 heavy (non-hydrogen) atoms. The van der Waals surface area contributed by atoms with E-state index < -0.39 is 12.2 Å². The molecule has 2 atom stereocenters. The van der Waals surface area contributed by atoms with E-state index >= 15 is 0 Å². The number of fused-ring (bicyclic) bond motifs is 3. The van der Waals surface area contributed by atoms with Crippen LogP contribution in [0.15, 0.2) is 16.4 Å². The van der Waals surface area contributed by atoms with Crippen LogP contribution in [-0.4, -0.2) is 82.9 Å². The summed E-state index contributed by atoms with van der Waals surface area (Å²) in [7, 11) is 1.68. The number of nitrogens with zero attached hydrogens (tertiary/aromatic N) is 5. The van der Waals surface area contributed by atoms with E-state index in [1.165, 1.54) is 4.90 Å². The minimum atomic E-state index is -0.476. The van der Waals surface area contributed by atoms with Gasteiger partial charge in [0, 0.05) is 31.5 Å². The lowest BCUT2D eigenvalue weighted by Gasteiger charge is -2.35. The van der Waals surface area contributed by atoms with Gasteiger partial charge in [0.25, 0.3) is 5.91 Å². The Morgan fingerprint density at radius 2 is 1.83 bits per heavy atom. The molecule has 3 rings (SSSR count). The van der Waals surface area contributed by atoms with Crippen LogP contribution in [0.2, 0.25) is 0 Å². The van der Waals surface area contributed by atoms with Crippen molar-refractivity contribution < 1.29 is 9.59 Å². The molecule has 1 fully saturated rings. The van der Waals surface area contributed by atoms with Gasteiger partial charge < -0.3 is 14.7 Å². The predicted molar refractivity (Wildman–Crippen MR) is 91.0 cm³/mol. The number of rotatable bonds is 5. The van der Waals surface area contributed by atoms with Crippen LogP contribution < -0.4 is 5.32 Å². The summed E-state index contributed by atoms with van der Waals surface area (Å²) in [5.41, 5.74) is 2.14. The number of hydrogen-bond donors (Lipinski definition) is 1. The maximum absolute atomic E-state index is 12.4. The minimum Gasteiger partial charge on any atom is -0.313 e. The van der Waals surface area contributed by atoms with Crippen LogP contribution in [0.4, 0.5) is 4.79 Å². The number of carbonyl (C=O) groups is 2. The molecule has 3 amide bonds. The van der Waals surface area contributed by atoms with Crippen LogP contribution in [-0.2, 0) is 4.79 Å². The molecule has 0 bridgehead atoms. The molecular formula is C16H26N6O2. The highest BCUT2D eigenvalue weighted by atomic mass is 16.2. The number of imide groups is 1. The standard InChI is InChI=1S/C16H26N6O2/c1-6-20(7-2)8-9-21-10(3)11(4)22-12-13(17-15(21)22)19(5)16(24)18-14(12)23/h12-13H,6-9H2,1-5H3,(H,18,23,24). The first kappa shape index (κ1) is 16.8. The van der Waals surface area contributed by atoms with Gasteiger partial charge in [-0.1, -0.05) is 13.8 Å². The van der Waals surface area contributed by atoms with Crippen LogP contribution in [0, 0.1) is 0 Å². The van der Waals surface area contributed by atoms with E-state index in [4.69, 9.17) is 4.99 Å². The van der Waals surface area contributed by atoms with Crippen molar-refractivity contribution in [3.05, 3.63) is 11.4 Å². The van der Waals surface area contributed by atoms with Gasteiger partial charge in [0.05, 0.1) is 0 Å². The third-order valence-electron chi connectivity index (χ3n) is 5.31. The third-order valence-corrected chi connectivity index (χ3v) is 5.31. The molecular weight excluding hydrogens is 308 g/mol. The first-order valence-electron chi connectivity index (χ1n) is 8.52. The largest absolute Gasteiger partial charge is 0.325 e. The zero-order valence-corrected chi connectivity index (χ0v) is 15.0. The fraction of sp³-hybridized carbons (Fsp3) is 0.688. The second-order valence-corrected chi connectivity index (χ2v) is 6.41. The molecule has 8 heteroatoms. The first-order valence-corrected chi connectivity index (χ1v) is 8.52. The average Bonchev–Trinajstić information content (AvgIpc) is 3.05. The van der Waals surface area contributed by atoms with Crippen LogP contribution in [0.3, 0.4) is 0 Å². The van der Waals surface area contributed by atoms with Crippen molar-refractivity contribution in [1.82, 2.24) is 24.9 Å². The number of likely N-dealkylation sites (N-methyl/N-ethyl adjacent to an activating group) is 2. The molecule has 0 aliphatic carbocycles. The van der Waals surface area contributed by atoms with Crippen molar-refractivity contribution in [3.8, 4) is 0 Å². The van der Waals surface area contributed by atoms with Gasteiger partial charge in [0.2, 0.25) is 5.96 Å². The Labute approximate surface area is 142 Å². The van der Waals surface area contributed by atoms with Crippen molar-refractivity contribution in [3.63, 3.8) is 0 Å². The molecule has 0 spiro atoms. The molecule has 132 valence electrons. The summed E-state index contributed by atoms with van der Waals surface area (Å²) in [5.74, 6) is 0.503. The van der Waals surface area contributed by atoms with Crippen molar-refractivity contribution in [2.75, 3.05) is 33.2 Å². The smallest absolute Gasteiger partial charge is 0.313 e. The van der Waals surface area contributed by atoms with E-state index in [2.05, 4.69) is 35.9 Å². The van der Waals surface area contributed by atoms with Crippen LogP contribution >= 0.6 is 0 Å². The number of carbonyl (C=O) groups excluding carboxylic acids is 2. The maximum atomic E-state index is 12.4. The second kappa shape index (κ2) is 6.08. The number of guanidine groups is 1. The summed E-state index contributed by atoms with van der Waals surface area (Å²) in [6.07, 6.45) is -0.458. The third kappa shape index (κ3) is 2.36. The Hall–Kier alpha value is -2.09. The van der Waals surface area contributed by atoms with E-state index in [0.717, 1.165) is 43.5 Å². The molecule has 3 aliphatic rings. The summed E-state index contributed by atoms with van der Waals surface area (Å²) in [6.45, 7) is 12.1. The lowest BCUT2D eigenvalue weighted by Crippen LogP contribution is -2.63. The summed E-state index contributed by atoms with van der Waals surface area (Å²) >= 11 is 0. The van der Waals surface area contributed by atoms with Crippen LogP contribution in [0.25, 0.3) is 0 Å². The second-order valence-electron chi connectivity index (χ2n) is 6.41. The molecule has 0 aromatic carbocycles. The summed E-state index contributed by atoms with van der Waals surface area (Å²) in [5, 5.41) is 2.42. The Bertz CT molecular complexity index is 624. The normalized spacial score (nSPS) is 26.2. The number of amides is 3. The average molecular weight is 334 g/mol. The summed E-state index contributed by atoms with van der Waals surface area (Å²) in [6, 6.07) is -0.865. The molecule has 0 radical (unpaired) electrons. The number of nitrogens with one attached hydrogen (secondary N) is 1. The van der Waals surface area contributed by atoms with Crippen LogP contribution in [0.1, 0.15) is 27.7 Å². The highest BCUT2D eigenvalue weighted by Crippen LogP contribution is 2.35. The van der Waals surface area contributed by atoms with E-state index in [1.807, 2.05) is 11.8 Å². The molecule has 3 aliphatic heterocycles. The van der Waals surface area contributed by atoms with Gasteiger partial charge in [-0.25, -0.2) is 9.79 Å². The Balaban J connectivity index is 1.86. The lowest BCUT2D eigenvalue weighted by atomic mass is 10.1. The number of allylic oxidation sites excluding steroid dienone is 2. The zero-order valence-electron chi connectivity index (χ0n) is 15.0. The summed E-state index contributed by atoms with van der Waals surface area (Å²) < 4.78 is 0. The molecule has 8 nitrogen and oxygen atoms in total. The molecule has 0 saturated carbocycles. The van der Waals surface area contributed by atoms with Crippen molar-refractivity contribution in [2.24, 2.45) is 4.99 Å². The number of aliphatic imine (C=N–C) groups is 1. The monoisotopic (exact) mass is 334 g/mol. The fourth-order valence-corrected chi connectivity index (χ4v) is 3.57. The fourth-order valence-electron chi connectivity index (χ4n) is 3.57. The van der Waals surface area contributed by atoms with E-state index in [9.17, 15) is 9.59 Å². The lowest BCUT2D eigenvalue weighted by molar-refractivity contribution is -0.126. The number of hydrogen-bond acceptors (Lipinski definition) is 6. The van der Waals surface area contributed by atoms with Crippen molar-refractivity contribution in [1.29, 1.82) is 0 Å². The Morgan fingerprint density at radius 3 is 2.46 bits per heavy atom. The van der Waals surface area contributed by atoms with Crippen molar-refractivity contribution in [2.45, 2.75) is 39.9 Å². The van der Waals surface area contributed by atoms with Gasteiger partial charge in [0.1, 0.15) is 0 Å². The topological polar surface area (TPSA) is 71.5 Å².